The molecule has 1 N–H and O–H groups in total. The smallest absolute Gasteiger partial charge is 0.129 e. The summed E-state index contributed by atoms with van der Waals surface area (Å²) in [7, 11) is 0. The van der Waals surface area contributed by atoms with Gasteiger partial charge in [-0.3, -0.25) is 0 Å². The van der Waals surface area contributed by atoms with Crippen molar-refractivity contribution >= 4 is 11.3 Å². The number of aliphatic hydroxyl groups excluding tert-OH is 1. The molecule has 3 heteroatoms. The van der Waals surface area contributed by atoms with E-state index in [1.54, 1.807) is 6.92 Å². The first kappa shape index (κ1) is 14.1. The van der Waals surface area contributed by atoms with Crippen molar-refractivity contribution in [3.63, 3.8) is 0 Å². The number of nitrogens with zero attached hydrogens (tertiary/aromatic N) is 1. The van der Waals surface area contributed by atoms with E-state index in [0.717, 1.165) is 24.9 Å². The van der Waals surface area contributed by atoms with Gasteiger partial charge in [0.15, 0.2) is 0 Å². The van der Waals surface area contributed by atoms with Crippen molar-refractivity contribution in [1.29, 1.82) is 0 Å². The van der Waals surface area contributed by atoms with Gasteiger partial charge in [-0.2, -0.15) is 0 Å². The lowest BCUT2D eigenvalue weighted by Crippen LogP contribution is -2.35. The summed E-state index contributed by atoms with van der Waals surface area (Å²) in [5.41, 5.74) is 3.95. The van der Waals surface area contributed by atoms with E-state index in [-0.39, 0.29) is 0 Å². The monoisotopic (exact) mass is 263 g/mol. The minimum atomic E-state index is -0.527. The van der Waals surface area contributed by atoms with Gasteiger partial charge in [0.05, 0.1) is 6.61 Å². The lowest BCUT2D eigenvalue weighted by atomic mass is 9.95. The van der Waals surface area contributed by atoms with E-state index in [1.165, 1.54) is 11.3 Å². The Balaban J connectivity index is 2.40. The summed E-state index contributed by atoms with van der Waals surface area (Å²) >= 11 is 0. The minimum absolute atomic E-state index is 0.448. The molecule has 1 heterocycles. The second-order valence-corrected chi connectivity index (χ2v) is 5.42. The number of fused-ring (bicyclic) bond motifs is 1. The topological polar surface area (TPSA) is 23.5 Å². The van der Waals surface area contributed by atoms with Crippen LogP contribution in [0, 0.1) is 0 Å². The molecule has 1 aliphatic heterocycles. The summed E-state index contributed by atoms with van der Waals surface area (Å²) < 4.78 is 13.5. The third-order valence-electron chi connectivity index (χ3n) is 3.84. The second kappa shape index (κ2) is 5.74. The van der Waals surface area contributed by atoms with Crippen LogP contribution in [0.3, 0.4) is 0 Å². The molecule has 1 aromatic carbocycles. The van der Waals surface area contributed by atoms with Crippen LogP contribution in [0.1, 0.15) is 38.3 Å². The maximum absolute atomic E-state index is 13.5. The van der Waals surface area contributed by atoms with Crippen LogP contribution in [0.15, 0.2) is 24.0 Å². The molecule has 0 fully saturated rings. The van der Waals surface area contributed by atoms with Crippen LogP contribution in [0.25, 0.3) is 5.57 Å². The molecule has 0 unspecified atom stereocenters. The Morgan fingerprint density at radius 2 is 2.16 bits per heavy atom. The summed E-state index contributed by atoms with van der Waals surface area (Å²) in [4.78, 5) is 2.39. The van der Waals surface area contributed by atoms with Crippen LogP contribution >= 0.6 is 0 Å². The zero-order valence-electron chi connectivity index (χ0n) is 11.9. The Morgan fingerprint density at radius 3 is 2.79 bits per heavy atom. The fourth-order valence-corrected chi connectivity index (χ4v) is 2.67. The third kappa shape index (κ3) is 2.81. The number of benzene rings is 1. The molecule has 2 rings (SSSR count). The molecule has 0 saturated heterocycles. The van der Waals surface area contributed by atoms with E-state index in [9.17, 15) is 4.39 Å². The highest BCUT2D eigenvalue weighted by Crippen LogP contribution is 2.32. The molecule has 0 bridgehead atoms. The minimum Gasteiger partial charge on any atom is -0.389 e. The van der Waals surface area contributed by atoms with Gasteiger partial charge < -0.3 is 10.0 Å². The second-order valence-electron chi connectivity index (χ2n) is 5.42. The molecular formula is C16H22FNO. The molecule has 0 radical (unpaired) electrons. The molecule has 2 nitrogen and oxygen atoms in total. The zero-order valence-corrected chi connectivity index (χ0v) is 11.9. The lowest BCUT2D eigenvalue weighted by molar-refractivity contribution is 0.299. The molecule has 1 aliphatic rings. The summed E-state index contributed by atoms with van der Waals surface area (Å²) in [6.07, 6.45) is 2.18. The van der Waals surface area contributed by atoms with Gasteiger partial charge in [-0.25, -0.2) is 4.39 Å². The van der Waals surface area contributed by atoms with Crippen molar-refractivity contribution in [2.24, 2.45) is 0 Å². The Hall–Kier alpha value is -1.35. The molecule has 0 atom stereocenters. The normalized spacial score (nSPS) is 16.4. The Bertz CT molecular complexity index is 494. The number of aryl methyl sites for hydroxylation is 1. The predicted octanol–water partition coefficient (Wildman–Crippen LogP) is 3.54. The van der Waals surface area contributed by atoms with E-state index in [4.69, 9.17) is 5.11 Å². The molecule has 0 aliphatic carbocycles. The first-order valence-corrected chi connectivity index (χ1v) is 6.90. The summed E-state index contributed by atoms with van der Waals surface area (Å²) in [6.45, 7) is 6.67. The zero-order chi connectivity index (χ0) is 14.0. The van der Waals surface area contributed by atoms with Crippen LogP contribution in [0.5, 0.6) is 0 Å². The Labute approximate surface area is 114 Å². The van der Waals surface area contributed by atoms with E-state index < -0.39 is 12.4 Å². The highest BCUT2D eigenvalue weighted by molar-refractivity contribution is 5.70. The number of rotatable bonds is 3. The molecular weight excluding hydrogens is 241 g/mol. The highest BCUT2D eigenvalue weighted by Gasteiger charge is 2.19. The van der Waals surface area contributed by atoms with Crippen molar-refractivity contribution < 1.29 is 9.50 Å². The first-order chi connectivity index (χ1) is 9.04. The summed E-state index contributed by atoms with van der Waals surface area (Å²) in [6, 6.07) is 6.58. The van der Waals surface area contributed by atoms with Crippen LogP contribution in [0.4, 0.5) is 10.1 Å². The molecule has 1 aromatic rings. The molecule has 19 heavy (non-hydrogen) atoms. The molecule has 0 aromatic heterocycles. The van der Waals surface area contributed by atoms with Crippen molar-refractivity contribution in [1.82, 2.24) is 0 Å². The van der Waals surface area contributed by atoms with Gasteiger partial charge in [-0.1, -0.05) is 6.07 Å². The van der Waals surface area contributed by atoms with Crippen molar-refractivity contribution in [2.45, 2.75) is 39.7 Å². The maximum atomic E-state index is 13.5. The first-order valence-electron chi connectivity index (χ1n) is 6.90. The fraction of sp³-hybridized carbons (Fsp3) is 0.500. The Kier molecular flexibility index (Phi) is 4.25. The van der Waals surface area contributed by atoms with E-state index in [1.807, 2.05) is 6.07 Å². The third-order valence-corrected chi connectivity index (χ3v) is 3.84. The molecule has 0 amide bonds. The molecule has 0 spiro atoms. The standard InChI is InChI=1S/C16H22FNO/c1-11(2)18-8-4-5-14-9-13(6-7-16(14)18)12(3)15(17)10-19/h6-7,9,11,19H,4-5,8,10H2,1-3H3. The largest absolute Gasteiger partial charge is 0.389 e. The number of aliphatic hydroxyl groups is 1. The van der Waals surface area contributed by atoms with E-state index >= 15 is 0 Å². The van der Waals surface area contributed by atoms with Crippen molar-refractivity contribution in [3.8, 4) is 0 Å². The van der Waals surface area contributed by atoms with Gasteiger partial charge in [0.2, 0.25) is 0 Å². The van der Waals surface area contributed by atoms with E-state index in [2.05, 4.69) is 30.9 Å². The number of halogens is 1. The van der Waals surface area contributed by atoms with Crippen LogP contribution in [0.2, 0.25) is 0 Å². The molecule has 104 valence electrons. The van der Waals surface area contributed by atoms with Gasteiger partial charge >= 0.3 is 0 Å². The number of hydrogen-bond donors (Lipinski definition) is 1. The van der Waals surface area contributed by atoms with Crippen molar-refractivity contribution in [3.05, 3.63) is 35.2 Å². The summed E-state index contributed by atoms with van der Waals surface area (Å²) in [5.74, 6) is -0.448. The van der Waals surface area contributed by atoms with E-state index in [0.29, 0.717) is 11.6 Å². The predicted molar refractivity (Wildman–Crippen MR) is 78.0 cm³/mol. The number of anilines is 1. The van der Waals surface area contributed by atoms with Gasteiger partial charge in [0, 0.05) is 18.3 Å². The quantitative estimate of drug-likeness (QED) is 0.901. The lowest BCUT2D eigenvalue weighted by Gasteiger charge is -2.35. The maximum Gasteiger partial charge on any atom is 0.129 e. The van der Waals surface area contributed by atoms with Crippen LogP contribution < -0.4 is 4.90 Å². The van der Waals surface area contributed by atoms with Gasteiger partial charge in [-0.15, -0.1) is 0 Å². The van der Waals surface area contributed by atoms with Crippen LogP contribution in [-0.2, 0) is 6.42 Å². The Morgan fingerprint density at radius 1 is 1.42 bits per heavy atom. The number of allylic oxidation sites excluding steroid dienone is 1. The average Bonchev–Trinajstić information content (AvgIpc) is 2.44. The van der Waals surface area contributed by atoms with Crippen LogP contribution in [-0.4, -0.2) is 24.3 Å². The molecule has 0 saturated carbocycles. The highest BCUT2D eigenvalue weighted by atomic mass is 19.1. The average molecular weight is 263 g/mol. The van der Waals surface area contributed by atoms with Gasteiger partial charge in [-0.05, 0) is 62.4 Å². The number of hydrogen-bond acceptors (Lipinski definition) is 2. The van der Waals surface area contributed by atoms with Gasteiger partial charge in [0.25, 0.3) is 0 Å². The van der Waals surface area contributed by atoms with Gasteiger partial charge in [0.1, 0.15) is 5.83 Å². The summed E-state index contributed by atoms with van der Waals surface area (Å²) in [5, 5.41) is 8.88. The fourth-order valence-electron chi connectivity index (χ4n) is 2.67. The SMILES string of the molecule is CC(=C(F)CO)c1ccc2c(c1)CCCN2C(C)C. The van der Waals surface area contributed by atoms with Crippen molar-refractivity contribution in [2.75, 3.05) is 18.1 Å².